The fourth-order valence-corrected chi connectivity index (χ4v) is 2.33. The Kier molecular flexibility index (Phi) is 4.85. The summed E-state index contributed by atoms with van der Waals surface area (Å²) in [6.45, 7) is 2.03. The van der Waals surface area contributed by atoms with E-state index in [1.165, 1.54) is 18.2 Å². The molecule has 0 aliphatic rings. The van der Waals surface area contributed by atoms with Crippen LogP contribution in [0.2, 0.25) is 5.02 Å². The Labute approximate surface area is 124 Å². The first kappa shape index (κ1) is 15.8. The molecule has 0 radical (unpaired) electrons. The maximum Gasteiger partial charge on any atom is 0.146 e. The van der Waals surface area contributed by atoms with Gasteiger partial charge in [0.05, 0.1) is 11.1 Å². The molecule has 0 saturated heterocycles. The summed E-state index contributed by atoms with van der Waals surface area (Å²) in [7, 11) is 0. The van der Waals surface area contributed by atoms with Crippen molar-refractivity contribution in [1.82, 2.24) is 5.32 Å². The van der Waals surface area contributed by atoms with Crippen molar-refractivity contribution in [1.29, 1.82) is 0 Å². The van der Waals surface area contributed by atoms with Gasteiger partial charge in [-0.05, 0) is 12.6 Å². The summed E-state index contributed by atoms with van der Waals surface area (Å²) in [6, 6.07) is 4.20. The molecule has 0 heterocycles. The van der Waals surface area contributed by atoms with Gasteiger partial charge in [-0.2, -0.15) is 0 Å². The van der Waals surface area contributed by atoms with Gasteiger partial charge in [0.25, 0.3) is 0 Å². The van der Waals surface area contributed by atoms with Crippen molar-refractivity contribution in [2.75, 3.05) is 6.54 Å². The van der Waals surface area contributed by atoms with Gasteiger partial charge in [-0.1, -0.05) is 30.7 Å². The van der Waals surface area contributed by atoms with Gasteiger partial charge >= 0.3 is 0 Å². The summed E-state index contributed by atoms with van der Waals surface area (Å²) in [5, 5.41) is 2.63. The van der Waals surface area contributed by atoms with Gasteiger partial charge in [-0.15, -0.1) is 0 Å². The molecular weight excluding hydrogens is 306 g/mol. The highest BCUT2D eigenvalue weighted by Crippen LogP contribution is 2.31. The normalized spacial score (nSPS) is 12.5. The van der Waals surface area contributed by atoms with E-state index in [-0.39, 0.29) is 10.6 Å². The minimum Gasteiger partial charge on any atom is -0.306 e. The monoisotopic (exact) mass is 317 g/mol. The molecule has 1 unspecified atom stereocenters. The Morgan fingerprint density at radius 3 is 2.29 bits per heavy atom. The molecule has 1 nitrogen and oxygen atoms in total. The number of benzene rings is 2. The number of halogens is 5. The smallest absolute Gasteiger partial charge is 0.146 e. The first-order chi connectivity index (χ1) is 9.95. The molecule has 0 saturated carbocycles. The number of hydrogen-bond donors (Lipinski definition) is 1. The average molecular weight is 318 g/mol. The maximum atomic E-state index is 14.1. The first-order valence-corrected chi connectivity index (χ1v) is 6.65. The average Bonchev–Trinajstić information content (AvgIpc) is 2.40. The molecule has 0 aliphatic carbocycles. The quantitative estimate of drug-likeness (QED) is 0.813. The van der Waals surface area contributed by atoms with E-state index in [1.807, 2.05) is 0 Å². The minimum absolute atomic E-state index is 0.00578. The lowest BCUT2D eigenvalue weighted by atomic mass is 9.97. The molecule has 2 aromatic carbocycles. The molecule has 1 N–H and O–H groups in total. The van der Waals surface area contributed by atoms with Crippen LogP contribution in [0.25, 0.3) is 0 Å². The van der Waals surface area contributed by atoms with Crippen LogP contribution in [-0.2, 0) is 0 Å². The molecule has 0 spiro atoms. The third kappa shape index (κ3) is 3.19. The van der Waals surface area contributed by atoms with E-state index in [1.54, 1.807) is 6.92 Å². The van der Waals surface area contributed by atoms with Crippen LogP contribution in [0.5, 0.6) is 0 Å². The summed E-state index contributed by atoms with van der Waals surface area (Å²) >= 11 is 5.70. The SMILES string of the molecule is CCNC(c1cccc(Cl)c1F)c1c(F)cc(F)cc1F. The van der Waals surface area contributed by atoms with Crippen molar-refractivity contribution in [2.24, 2.45) is 0 Å². The molecule has 0 bridgehead atoms. The van der Waals surface area contributed by atoms with E-state index in [9.17, 15) is 17.6 Å². The third-order valence-corrected chi connectivity index (χ3v) is 3.33. The molecule has 0 aliphatic heterocycles. The van der Waals surface area contributed by atoms with Gasteiger partial charge < -0.3 is 5.32 Å². The van der Waals surface area contributed by atoms with E-state index in [4.69, 9.17) is 11.6 Å². The van der Waals surface area contributed by atoms with Crippen LogP contribution >= 0.6 is 11.6 Å². The second-order valence-corrected chi connectivity index (χ2v) is 4.82. The van der Waals surface area contributed by atoms with Crippen LogP contribution in [0.4, 0.5) is 17.6 Å². The van der Waals surface area contributed by atoms with Crippen LogP contribution in [-0.4, -0.2) is 6.54 Å². The zero-order chi connectivity index (χ0) is 15.6. The zero-order valence-electron chi connectivity index (χ0n) is 11.1. The van der Waals surface area contributed by atoms with Gasteiger partial charge in [0.15, 0.2) is 0 Å². The van der Waals surface area contributed by atoms with Crippen LogP contribution in [0.3, 0.4) is 0 Å². The van der Waals surface area contributed by atoms with E-state index >= 15 is 0 Å². The summed E-state index contributed by atoms with van der Waals surface area (Å²) in [4.78, 5) is 0. The molecule has 0 aromatic heterocycles. The van der Waals surface area contributed by atoms with Crippen molar-refractivity contribution in [3.05, 3.63) is 69.8 Å². The predicted molar refractivity (Wildman–Crippen MR) is 73.2 cm³/mol. The zero-order valence-corrected chi connectivity index (χ0v) is 11.8. The summed E-state index contributed by atoms with van der Waals surface area (Å²) < 4.78 is 55.0. The van der Waals surface area contributed by atoms with Crippen molar-refractivity contribution in [3.8, 4) is 0 Å². The Morgan fingerprint density at radius 1 is 1.10 bits per heavy atom. The number of hydrogen-bond acceptors (Lipinski definition) is 1. The summed E-state index contributed by atoms with van der Waals surface area (Å²) in [5.74, 6) is -3.97. The largest absolute Gasteiger partial charge is 0.306 e. The first-order valence-electron chi connectivity index (χ1n) is 6.27. The van der Waals surface area contributed by atoms with Crippen molar-refractivity contribution < 1.29 is 17.6 Å². The molecule has 6 heteroatoms. The number of rotatable bonds is 4. The molecule has 1 atom stereocenters. The second kappa shape index (κ2) is 6.45. The topological polar surface area (TPSA) is 12.0 Å². The maximum absolute atomic E-state index is 14.1. The molecule has 112 valence electrons. The van der Waals surface area contributed by atoms with Crippen LogP contribution in [0.1, 0.15) is 24.1 Å². The minimum atomic E-state index is -1.10. The van der Waals surface area contributed by atoms with Crippen LogP contribution in [0, 0.1) is 23.3 Å². The lowest BCUT2D eigenvalue weighted by Gasteiger charge is -2.21. The lowest BCUT2D eigenvalue weighted by Crippen LogP contribution is -2.25. The Morgan fingerprint density at radius 2 is 1.71 bits per heavy atom. The predicted octanol–water partition coefficient (Wildman–Crippen LogP) is 4.60. The highest BCUT2D eigenvalue weighted by Gasteiger charge is 2.25. The summed E-state index contributed by atoms with van der Waals surface area (Å²) in [5.41, 5.74) is -0.451. The summed E-state index contributed by atoms with van der Waals surface area (Å²) in [6.07, 6.45) is 0. The third-order valence-electron chi connectivity index (χ3n) is 3.03. The number of nitrogens with one attached hydrogen (secondary N) is 1. The van der Waals surface area contributed by atoms with Crippen molar-refractivity contribution >= 4 is 11.6 Å². The molecule has 2 rings (SSSR count). The van der Waals surface area contributed by atoms with Gasteiger partial charge in [-0.3, -0.25) is 0 Å². The van der Waals surface area contributed by atoms with E-state index in [2.05, 4.69) is 5.32 Å². The van der Waals surface area contributed by atoms with Crippen LogP contribution in [0.15, 0.2) is 30.3 Å². The van der Waals surface area contributed by atoms with Gasteiger partial charge in [-0.25, -0.2) is 17.6 Å². The highest BCUT2D eigenvalue weighted by molar-refractivity contribution is 6.30. The fourth-order valence-electron chi connectivity index (χ4n) is 2.14. The second-order valence-electron chi connectivity index (χ2n) is 4.42. The Balaban J connectivity index is 2.62. The van der Waals surface area contributed by atoms with Crippen molar-refractivity contribution in [3.63, 3.8) is 0 Å². The Hall–Kier alpha value is -1.59. The molecular formula is C15H12ClF4N. The Bertz CT molecular complexity index is 637. The molecule has 0 amide bonds. The van der Waals surface area contributed by atoms with E-state index in [0.29, 0.717) is 18.7 Å². The van der Waals surface area contributed by atoms with Gasteiger partial charge in [0.1, 0.15) is 23.3 Å². The lowest BCUT2D eigenvalue weighted by molar-refractivity contribution is 0.481. The van der Waals surface area contributed by atoms with E-state index < -0.39 is 34.9 Å². The van der Waals surface area contributed by atoms with E-state index in [0.717, 1.165) is 0 Å². The molecule has 2 aromatic rings. The van der Waals surface area contributed by atoms with Gasteiger partial charge in [0, 0.05) is 23.3 Å². The van der Waals surface area contributed by atoms with Crippen LogP contribution < -0.4 is 5.32 Å². The molecule has 0 fully saturated rings. The van der Waals surface area contributed by atoms with Crippen molar-refractivity contribution in [2.45, 2.75) is 13.0 Å². The molecule has 21 heavy (non-hydrogen) atoms. The fraction of sp³-hybridized carbons (Fsp3) is 0.200. The van der Waals surface area contributed by atoms with Gasteiger partial charge in [0.2, 0.25) is 0 Å². The standard InChI is InChI=1S/C15H12ClF4N/c1-2-21-15(9-4-3-5-10(16)14(9)20)13-11(18)6-8(17)7-12(13)19/h3-7,15,21H,2H2,1H3. The highest BCUT2D eigenvalue weighted by atomic mass is 35.5.